The predicted octanol–water partition coefficient (Wildman–Crippen LogP) is 1.79. The SMILES string of the molecule is [c]1ccccc1OCc1ncc[nH]1. The maximum atomic E-state index is 5.40. The summed E-state index contributed by atoms with van der Waals surface area (Å²) in [5, 5.41) is 0. The normalized spacial score (nSPS) is 9.85. The molecule has 0 bridgehead atoms. The van der Waals surface area contributed by atoms with Crippen LogP contribution in [0.4, 0.5) is 0 Å². The number of para-hydroxylation sites is 1. The average molecular weight is 173 g/mol. The number of hydrogen-bond donors (Lipinski definition) is 1. The van der Waals surface area contributed by atoms with Gasteiger partial charge < -0.3 is 9.72 Å². The van der Waals surface area contributed by atoms with E-state index in [1.165, 1.54) is 0 Å². The van der Waals surface area contributed by atoms with Crippen molar-refractivity contribution >= 4 is 0 Å². The Morgan fingerprint density at radius 3 is 3.15 bits per heavy atom. The molecule has 2 rings (SSSR count). The first-order chi connectivity index (χ1) is 6.45. The number of hydrogen-bond acceptors (Lipinski definition) is 2. The molecule has 0 atom stereocenters. The van der Waals surface area contributed by atoms with Gasteiger partial charge in [0.15, 0.2) is 0 Å². The van der Waals surface area contributed by atoms with Crippen LogP contribution in [0, 0.1) is 6.07 Å². The van der Waals surface area contributed by atoms with E-state index in [0.717, 1.165) is 11.6 Å². The molecule has 65 valence electrons. The van der Waals surface area contributed by atoms with Crippen molar-refractivity contribution in [1.29, 1.82) is 0 Å². The summed E-state index contributed by atoms with van der Waals surface area (Å²) in [5.74, 6) is 1.55. The van der Waals surface area contributed by atoms with E-state index in [2.05, 4.69) is 16.0 Å². The Labute approximate surface area is 76.4 Å². The third kappa shape index (κ3) is 2.08. The maximum absolute atomic E-state index is 5.40. The van der Waals surface area contributed by atoms with Gasteiger partial charge in [-0.05, 0) is 6.07 Å². The molecule has 3 nitrogen and oxygen atoms in total. The van der Waals surface area contributed by atoms with Gasteiger partial charge >= 0.3 is 0 Å². The fourth-order valence-corrected chi connectivity index (χ4v) is 0.990. The van der Waals surface area contributed by atoms with Crippen molar-refractivity contribution in [2.24, 2.45) is 0 Å². The Bertz CT molecular complexity index is 342. The van der Waals surface area contributed by atoms with Crippen molar-refractivity contribution < 1.29 is 4.74 Å². The van der Waals surface area contributed by atoms with Crippen molar-refractivity contribution in [3.05, 3.63) is 48.5 Å². The fourth-order valence-electron chi connectivity index (χ4n) is 0.990. The molecule has 1 N–H and O–H groups in total. The highest BCUT2D eigenvalue weighted by molar-refractivity contribution is 5.19. The van der Waals surface area contributed by atoms with Gasteiger partial charge in [-0.15, -0.1) is 0 Å². The standard InChI is InChI=1S/C10H9N2O/c1-2-4-9(5-3-1)13-8-10-11-6-7-12-10/h1-4,6-7H,8H2,(H,11,12). The fraction of sp³-hybridized carbons (Fsp3) is 0.100. The van der Waals surface area contributed by atoms with Crippen LogP contribution in [0.2, 0.25) is 0 Å². The van der Waals surface area contributed by atoms with Crippen LogP contribution in [0.25, 0.3) is 0 Å². The average Bonchev–Trinajstić information content (AvgIpc) is 2.69. The second-order valence-electron chi connectivity index (χ2n) is 2.55. The lowest BCUT2D eigenvalue weighted by Gasteiger charge is -2.01. The van der Waals surface area contributed by atoms with Gasteiger partial charge in [-0.2, -0.15) is 0 Å². The summed E-state index contributed by atoms with van der Waals surface area (Å²) in [6, 6.07) is 10.5. The van der Waals surface area contributed by atoms with Crippen LogP contribution in [-0.2, 0) is 6.61 Å². The number of aromatic amines is 1. The number of H-pyrrole nitrogens is 1. The van der Waals surface area contributed by atoms with Gasteiger partial charge in [-0.1, -0.05) is 18.2 Å². The summed E-state index contributed by atoms with van der Waals surface area (Å²) in [5.41, 5.74) is 0. The molecule has 0 spiro atoms. The molecule has 0 unspecified atom stereocenters. The van der Waals surface area contributed by atoms with Crippen molar-refractivity contribution in [2.45, 2.75) is 6.61 Å². The number of benzene rings is 1. The summed E-state index contributed by atoms with van der Waals surface area (Å²) in [6.45, 7) is 0.452. The maximum Gasteiger partial charge on any atom is 0.146 e. The van der Waals surface area contributed by atoms with E-state index in [-0.39, 0.29) is 0 Å². The van der Waals surface area contributed by atoms with Gasteiger partial charge in [0.1, 0.15) is 18.2 Å². The summed E-state index contributed by atoms with van der Waals surface area (Å²) >= 11 is 0. The van der Waals surface area contributed by atoms with E-state index < -0.39 is 0 Å². The quantitative estimate of drug-likeness (QED) is 0.768. The molecule has 1 radical (unpaired) electrons. The molecule has 0 fully saturated rings. The van der Waals surface area contributed by atoms with Crippen LogP contribution < -0.4 is 4.74 Å². The van der Waals surface area contributed by atoms with E-state index in [0.29, 0.717) is 6.61 Å². The Morgan fingerprint density at radius 1 is 1.46 bits per heavy atom. The summed E-state index contributed by atoms with van der Waals surface area (Å²) in [7, 11) is 0. The van der Waals surface area contributed by atoms with Gasteiger partial charge in [-0.3, -0.25) is 0 Å². The third-order valence-corrected chi connectivity index (χ3v) is 1.60. The predicted molar refractivity (Wildman–Crippen MR) is 48.2 cm³/mol. The highest BCUT2D eigenvalue weighted by atomic mass is 16.5. The minimum absolute atomic E-state index is 0.452. The van der Waals surface area contributed by atoms with Gasteiger partial charge in [0.25, 0.3) is 0 Å². The van der Waals surface area contributed by atoms with E-state index in [4.69, 9.17) is 4.74 Å². The highest BCUT2D eigenvalue weighted by Crippen LogP contribution is 2.08. The second kappa shape index (κ2) is 3.76. The lowest BCUT2D eigenvalue weighted by Crippen LogP contribution is -1.96. The van der Waals surface area contributed by atoms with Crippen LogP contribution in [0.3, 0.4) is 0 Å². The Hall–Kier alpha value is -1.77. The Kier molecular flexibility index (Phi) is 2.27. The van der Waals surface area contributed by atoms with Gasteiger partial charge in [-0.25, -0.2) is 4.98 Å². The minimum atomic E-state index is 0.452. The second-order valence-corrected chi connectivity index (χ2v) is 2.55. The van der Waals surface area contributed by atoms with Crippen molar-refractivity contribution in [3.63, 3.8) is 0 Å². The largest absolute Gasteiger partial charge is 0.485 e. The molecule has 0 aliphatic carbocycles. The number of ether oxygens (including phenoxy) is 1. The third-order valence-electron chi connectivity index (χ3n) is 1.60. The number of nitrogens with one attached hydrogen (secondary N) is 1. The molecule has 0 saturated carbocycles. The molecule has 0 aliphatic rings. The minimum Gasteiger partial charge on any atom is -0.485 e. The first kappa shape index (κ1) is 7.86. The molecule has 0 saturated heterocycles. The molecule has 0 amide bonds. The molecule has 2 aromatic rings. The smallest absolute Gasteiger partial charge is 0.146 e. The molecular formula is C10H9N2O. The van der Waals surface area contributed by atoms with Crippen molar-refractivity contribution in [1.82, 2.24) is 9.97 Å². The molecular weight excluding hydrogens is 164 g/mol. The van der Waals surface area contributed by atoms with Gasteiger partial charge in [0.2, 0.25) is 0 Å². The number of rotatable bonds is 3. The molecule has 1 aromatic carbocycles. The number of nitrogens with zero attached hydrogens (tertiary/aromatic N) is 1. The topological polar surface area (TPSA) is 37.9 Å². The summed E-state index contributed by atoms with van der Waals surface area (Å²) in [4.78, 5) is 6.99. The lowest BCUT2D eigenvalue weighted by atomic mass is 10.3. The van der Waals surface area contributed by atoms with Crippen LogP contribution in [0.5, 0.6) is 5.75 Å². The molecule has 13 heavy (non-hydrogen) atoms. The Morgan fingerprint density at radius 2 is 2.46 bits per heavy atom. The summed E-state index contributed by atoms with van der Waals surface area (Å²) in [6.07, 6.45) is 3.47. The highest BCUT2D eigenvalue weighted by Gasteiger charge is 1.95. The van der Waals surface area contributed by atoms with Crippen LogP contribution in [0.1, 0.15) is 5.82 Å². The number of aromatic nitrogens is 2. The zero-order valence-electron chi connectivity index (χ0n) is 7.03. The molecule has 0 aliphatic heterocycles. The van der Waals surface area contributed by atoms with Crippen LogP contribution >= 0.6 is 0 Å². The van der Waals surface area contributed by atoms with E-state index in [1.54, 1.807) is 12.4 Å². The number of imidazole rings is 1. The first-order valence-corrected chi connectivity index (χ1v) is 4.03. The van der Waals surface area contributed by atoms with Gasteiger partial charge in [0.05, 0.1) is 0 Å². The summed E-state index contributed by atoms with van der Waals surface area (Å²) < 4.78 is 5.40. The van der Waals surface area contributed by atoms with Crippen molar-refractivity contribution in [2.75, 3.05) is 0 Å². The van der Waals surface area contributed by atoms with Crippen molar-refractivity contribution in [3.8, 4) is 5.75 Å². The monoisotopic (exact) mass is 173 g/mol. The van der Waals surface area contributed by atoms with E-state index >= 15 is 0 Å². The van der Waals surface area contributed by atoms with E-state index in [1.807, 2.05) is 24.3 Å². The van der Waals surface area contributed by atoms with Crippen LogP contribution in [-0.4, -0.2) is 9.97 Å². The Balaban J connectivity index is 1.94. The lowest BCUT2D eigenvalue weighted by molar-refractivity contribution is 0.296. The van der Waals surface area contributed by atoms with Crippen LogP contribution in [0.15, 0.2) is 36.7 Å². The first-order valence-electron chi connectivity index (χ1n) is 4.03. The molecule has 1 aromatic heterocycles. The van der Waals surface area contributed by atoms with Gasteiger partial charge in [0, 0.05) is 18.5 Å². The van der Waals surface area contributed by atoms with E-state index in [9.17, 15) is 0 Å². The zero-order valence-corrected chi connectivity index (χ0v) is 7.03. The zero-order chi connectivity index (χ0) is 8.93. The molecule has 1 heterocycles. The molecule has 3 heteroatoms.